The topological polar surface area (TPSA) is 63.7 Å². The van der Waals surface area contributed by atoms with E-state index in [-0.39, 0.29) is 11.5 Å². The van der Waals surface area contributed by atoms with Gasteiger partial charge in [0.2, 0.25) is 0 Å². The van der Waals surface area contributed by atoms with E-state index in [1.807, 2.05) is 6.92 Å². The molecule has 0 aliphatic heterocycles. The Hall–Kier alpha value is -1.56. The molecule has 1 aromatic carbocycles. The molecule has 0 aromatic heterocycles. The predicted molar refractivity (Wildman–Crippen MR) is 67.8 cm³/mol. The van der Waals surface area contributed by atoms with Gasteiger partial charge in [-0.05, 0) is 31.0 Å². The van der Waals surface area contributed by atoms with Crippen molar-refractivity contribution in [3.63, 3.8) is 0 Å². The van der Waals surface area contributed by atoms with Gasteiger partial charge in [0.15, 0.2) is 0 Å². The smallest absolute Gasteiger partial charge is 0.423 e. The van der Waals surface area contributed by atoms with Crippen LogP contribution >= 0.6 is 0 Å². The molecule has 1 rings (SSSR count). The molecule has 0 fully saturated rings. The van der Waals surface area contributed by atoms with E-state index in [1.54, 1.807) is 19.1 Å². The van der Waals surface area contributed by atoms with Crippen LogP contribution in [0.15, 0.2) is 29.2 Å². The molecule has 5 nitrogen and oxygen atoms in total. The molecule has 100 valence electrons. The van der Waals surface area contributed by atoms with Gasteiger partial charge in [0.05, 0.1) is 11.5 Å². The average molecular weight is 271 g/mol. The molecule has 0 bridgehead atoms. The number of rotatable bonds is 4. The Labute approximate surface area is 107 Å². The maximum atomic E-state index is 12.1. The summed E-state index contributed by atoms with van der Waals surface area (Å²) in [5.41, 5.74) is 1.03. The molecule has 0 aliphatic carbocycles. The van der Waals surface area contributed by atoms with E-state index in [0.717, 1.165) is 12.0 Å². The van der Waals surface area contributed by atoms with Crippen LogP contribution in [0.4, 0.5) is 4.79 Å². The number of ether oxygens (including phenoxy) is 1. The van der Waals surface area contributed by atoms with Gasteiger partial charge in [0.25, 0.3) is 10.0 Å². The molecule has 0 aliphatic rings. The lowest BCUT2D eigenvalue weighted by Crippen LogP contribution is -2.33. The first-order valence-corrected chi connectivity index (χ1v) is 7.12. The molecule has 0 N–H and O–H groups in total. The van der Waals surface area contributed by atoms with Gasteiger partial charge in [-0.1, -0.05) is 19.1 Å². The molecule has 0 saturated carbocycles. The molecular formula is C12H17NO4S. The highest BCUT2D eigenvalue weighted by atomic mass is 32.2. The van der Waals surface area contributed by atoms with Crippen molar-refractivity contribution in [1.82, 2.24) is 4.31 Å². The fourth-order valence-corrected chi connectivity index (χ4v) is 2.41. The SMILES string of the molecule is CCOC(=O)N(C)S(=O)(=O)c1ccc(CC)cc1. The van der Waals surface area contributed by atoms with Crippen molar-refractivity contribution in [2.75, 3.05) is 13.7 Å². The molecule has 0 saturated heterocycles. The van der Waals surface area contributed by atoms with Crippen LogP contribution in [0.2, 0.25) is 0 Å². The Balaban J connectivity index is 3.01. The fourth-order valence-electron chi connectivity index (χ4n) is 1.37. The summed E-state index contributed by atoms with van der Waals surface area (Å²) < 4.78 is 29.4. The highest BCUT2D eigenvalue weighted by Crippen LogP contribution is 2.16. The summed E-state index contributed by atoms with van der Waals surface area (Å²) in [6.45, 7) is 3.73. The number of hydrogen-bond acceptors (Lipinski definition) is 4. The second kappa shape index (κ2) is 5.86. The van der Waals surface area contributed by atoms with Crippen LogP contribution in [-0.4, -0.2) is 32.5 Å². The van der Waals surface area contributed by atoms with E-state index < -0.39 is 16.1 Å². The lowest BCUT2D eigenvalue weighted by molar-refractivity contribution is 0.136. The Morgan fingerprint density at radius 1 is 1.22 bits per heavy atom. The van der Waals surface area contributed by atoms with Crippen LogP contribution < -0.4 is 0 Å². The van der Waals surface area contributed by atoms with Crippen molar-refractivity contribution in [2.24, 2.45) is 0 Å². The third-order valence-electron chi connectivity index (χ3n) is 2.51. The number of carbonyl (C=O) groups excluding carboxylic acids is 1. The molecule has 18 heavy (non-hydrogen) atoms. The average Bonchev–Trinajstić information content (AvgIpc) is 2.38. The highest BCUT2D eigenvalue weighted by Gasteiger charge is 2.26. The van der Waals surface area contributed by atoms with E-state index in [2.05, 4.69) is 4.74 Å². The zero-order chi connectivity index (χ0) is 13.8. The van der Waals surface area contributed by atoms with Crippen molar-refractivity contribution in [1.29, 1.82) is 0 Å². The van der Waals surface area contributed by atoms with Crippen LogP contribution in [-0.2, 0) is 21.2 Å². The first-order valence-electron chi connectivity index (χ1n) is 5.68. The maximum Gasteiger partial charge on any atom is 0.423 e. The number of sulfonamides is 1. The van der Waals surface area contributed by atoms with Crippen molar-refractivity contribution in [3.8, 4) is 0 Å². The van der Waals surface area contributed by atoms with Gasteiger partial charge in [0.1, 0.15) is 0 Å². The van der Waals surface area contributed by atoms with E-state index in [0.29, 0.717) is 4.31 Å². The Morgan fingerprint density at radius 3 is 2.22 bits per heavy atom. The van der Waals surface area contributed by atoms with Crippen molar-refractivity contribution < 1.29 is 17.9 Å². The monoisotopic (exact) mass is 271 g/mol. The zero-order valence-electron chi connectivity index (χ0n) is 10.7. The minimum absolute atomic E-state index is 0.0789. The van der Waals surface area contributed by atoms with Crippen LogP contribution in [0, 0.1) is 0 Å². The van der Waals surface area contributed by atoms with Gasteiger partial charge in [-0.3, -0.25) is 0 Å². The van der Waals surface area contributed by atoms with E-state index >= 15 is 0 Å². The standard InChI is InChI=1S/C12H17NO4S/c1-4-10-6-8-11(9-7-10)18(15,16)13(3)12(14)17-5-2/h6-9H,4-5H2,1-3H3. The van der Waals surface area contributed by atoms with Crippen LogP contribution in [0.3, 0.4) is 0 Å². The first kappa shape index (κ1) is 14.5. The summed E-state index contributed by atoms with van der Waals surface area (Å²) in [6.07, 6.45) is -0.0503. The molecule has 0 unspecified atom stereocenters. The van der Waals surface area contributed by atoms with Gasteiger partial charge < -0.3 is 4.74 Å². The molecule has 0 radical (unpaired) electrons. The molecule has 6 heteroatoms. The van der Waals surface area contributed by atoms with Gasteiger partial charge >= 0.3 is 6.09 Å². The largest absolute Gasteiger partial charge is 0.449 e. The van der Waals surface area contributed by atoms with Gasteiger partial charge in [0, 0.05) is 7.05 Å². The summed E-state index contributed by atoms with van der Waals surface area (Å²) in [4.78, 5) is 11.5. The molecule has 1 aromatic rings. The number of amides is 1. The molecule has 1 amide bonds. The third-order valence-corrected chi connectivity index (χ3v) is 4.25. The normalized spacial score (nSPS) is 11.1. The van der Waals surface area contributed by atoms with Gasteiger partial charge in [-0.2, -0.15) is 0 Å². The Morgan fingerprint density at radius 2 is 1.78 bits per heavy atom. The number of aryl methyl sites for hydroxylation is 1. The highest BCUT2D eigenvalue weighted by molar-refractivity contribution is 7.89. The number of hydrogen-bond donors (Lipinski definition) is 0. The van der Waals surface area contributed by atoms with E-state index in [9.17, 15) is 13.2 Å². The fraction of sp³-hybridized carbons (Fsp3) is 0.417. The minimum atomic E-state index is -3.83. The lowest BCUT2D eigenvalue weighted by atomic mass is 10.2. The number of carbonyl (C=O) groups is 1. The van der Waals surface area contributed by atoms with Crippen LogP contribution in [0.5, 0.6) is 0 Å². The quantitative estimate of drug-likeness (QED) is 0.840. The van der Waals surface area contributed by atoms with Gasteiger partial charge in [-0.15, -0.1) is 0 Å². The molecular weight excluding hydrogens is 254 g/mol. The third kappa shape index (κ3) is 3.01. The predicted octanol–water partition coefficient (Wildman–Crippen LogP) is 2.03. The summed E-state index contributed by atoms with van der Waals surface area (Å²) >= 11 is 0. The summed E-state index contributed by atoms with van der Waals surface area (Å²) in [7, 11) is -2.64. The van der Waals surface area contributed by atoms with Crippen molar-refractivity contribution >= 4 is 16.1 Å². The lowest BCUT2D eigenvalue weighted by Gasteiger charge is -2.16. The molecule has 0 heterocycles. The maximum absolute atomic E-state index is 12.1. The zero-order valence-corrected chi connectivity index (χ0v) is 11.5. The second-order valence-corrected chi connectivity index (χ2v) is 5.64. The van der Waals surface area contributed by atoms with E-state index in [4.69, 9.17) is 0 Å². The minimum Gasteiger partial charge on any atom is -0.449 e. The van der Waals surface area contributed by atoms with Gasteiger partial charge in [-0.25, -0.2) is 17.5 Å². The van der Waals surface area contributed by atoms with Crippen LogP contribution in [0.1, 0.15) is 19.4 Å². The first-order chi connectivity index (χ1) is 8.43. The Kier molecular flexibility index (Phi) is 4.72. The van der Waals surface area contributed by atoms with Crippen molar-refractivity contribution in [2.45, 2.75) is 25.2 Å². The molecule has 0 spiro atoms. The van der Waals surface area contributed by atoms with E-state index in [1.165, 1.54) is 19.2 Å². The number of nitrogens with zero attached hydrogens (tertiary/aromatic N) is 1. The number of benzene rings is 1. The summed E-state index contributed by atoms with van der Waals surface area (Å²) in [5.74, 6) is 0. The summed E-state index contributed by atoms with van der Waals surface area (Å²) in [5, 5.41) is 0. The Bertz CT molecular complexity index is 507. The van der Waals surface area contributed by atoms with Crippen LogP contribution in [0.25, 0.3) is 0 Å². The second-order valence-electron chi connectivity index (χ2n) is 3.67. The molecule has 0 atom stereocenters. The van der Waals surface area contributed by atoms with Crippen molar-refractivity contribution in [3.05, 3.63) is 29.8 Å². The summed E-state index contributed by atoms with van der Waals surface area (Å²) in [6, 6.07) is 6.44.